The Morgan fingerprint density at radius 1 is 1.00 bits per heavy atom. The van der Waals surface area contributed by atoms with E-state index in [1.165, 1.54) is 32.1 Å². The number of aldehydes is 1. The van der Waals surface area contributed by atoms with Crippen molar-refractivity contribution in [2.75, 3.05) is 7.05 Å². The molecule has 0 aliphatic heterocycles. The van der Waals surface area contributed by atoms with Gasteiger partial charge in [-0.15, -0.1) is 0 Å². The number of hydrogen-bond acceptors (Lipinski definition) is 3. The van der Waals surface area contributed by atoms with Crippen molar-refractivity contribution in [3.63, 3.8) is 0 Å². The Balaban J connectivity index is 0.00000166. The lowest BCUT2D eigenvalue weighted by Crippen LogP contribution is -2.33. The second-order valence-corrected chi connectivity index (χ2v) is 8.18. The summed E-state index contributed by atoms with van der Waals surface area (Å²) in [6.07, 6.45) is 9.90. The van der Waals surface area contributed by atoms with E-state index in [0.717, 1.165) is 35.1 Å². The number of hydrogen-bond donors (Lipinski definition) is 0. The number of aromatic nitrogens is 1. The average Bonchev–Trinajstić information content (AvgIpc) is 2.82. The van der Waals surface area contributed by atoms with Crippen LogP contribution in [0.5, 0.6) is 0 Å². The maximum absolute atomic E-state index is 12.0. The van der Waals surface area contributed by atoms with Gasteiger partial charge in [-0.1, -0.05) is 87.2 Å². The lowest BCUT2D eigenvalue weighted by molar-refractivity contribution is 0.112. The van der Waals surface area contributed by atoms with Crippen LogP contribution in [0.25, 0.3) is 0 Å². The molecule has 0 bridgehead atoms. The highest BCUT2D eigenvalue weighted by Gasteiger charge is 2.18. The Kier molecular flexibility index (Phi) is 11.3. The van der Waals surface area contributed by atoms with Gasteiger partial charge in [0.15, 0.2) is 0 Å². The van der Waals surface area contributed by atoms with Crippen molar-refractivity contribution in [3.8, 4) is 0 Å². The van der Waals surface area contributed by atoms with Crippen LogP contribution in [-0.4, -0.2) is 29.3 Å². The minimum atomic E-state index is 0.485. The van der Waals surface area contributed by atoms with Crippen LogP contribution >= 0.6 is 11.6 Å². The van der Waals surface area contributed by atoms with Gasteiger partial charge in [0.05, 0.1) is 0 Å². The monoisotopic (exact) mass is 438 g/mol. The molecule has 0 amide bonds. The Hall–Kier alpha value is -2.23. The summed E-state index contributed by atoms with van der Waals surface area (Å²) in [6, 6.07) is 18.5. The van der Waals surface area contributed by atoms with E-state index >= 15 is 0 Å². The van der Waals surface area contributed by atoms with Gasteiger partial charge in [0.1, 0.15) is 11.4 Å². The van der Waals surface area contributed by atoms with E-state index < -0.39 is 0 Å². The van der Waals surface area contributed by atoms with Gasteiger partial charge in [-0.25, -0.2) is 4.98 Å². The quantitative estimate of drug-likeness (QED) is 0.357. The summed E-state index contributed by atoms with van der Waals surface area (Å²) in [5, 5.41) is 0.485. The first-order valence-corrected chi connectivity index (χ1v) is 11.7. The van der Waals surface area contributed by atoms with E-state index in [1.807, 2.05) is 50.2 Å². The summed E-state index contributed by atoms with van der Waals surface area (Å²) in [5.41, 5.74) is 3.92. The highest BCUT2D eigenvalue weighted by atomic mass is 35.5. The minimum absolute atomic E-state index is 0.485. The fraction of sp³-hybridized carbons (Fsp3) is 0.407. The zero-order chi connectivity index (χ0) is 22.5. The summed E-state index contributed by atoms with van der Waals surface area (Å²) >= 11 is 5.90. The van der Waals surface area contributed by atoms with Crippen LogP contribution in [0.1, 0.15) is 73.0 Å². The average molecular weight is 439 g/mol. The number of carbonyl (C=O) groups is 1. The Morgan fingerprint density at radius 2 is 1.71 bits per heavy atom. The second-order valence-electron chi connectivity index (χ2n) is 7.79. The molecule has 31 heavy (non-hydrogen) atoms. The molecule has 0 atom stereocenters. The first kappa shape index (κ1) is 25.0. The molecule has 0 N–H and O–H groups in total. The smallest absolute Gasteiger partial charge is 0.150 e. The predicted octanol–water partition coefficient (Wildman–Crippen LogP) is 7.05. The highest BCUT2D eigenvalue weighted by molar-refractivity contribution is 6.29. The molecule has 3 rings (SSSR count). The summed E-state index contributed by atoms with van der Waals surface area (Å²) in [5.74, 6) is 0. The Morgan fingerprint density at radius 3 is 2.35 bits per heavy atom. The molecule has 1 fully saturated rings. The molecule has 0 saturated heterocycles. The standard InChI is InChI=1S/C25H29ClN2O.C2H6/c1-28(24-11-7-4-8-12-24)18-22-10-6-3-2-5-9-20(16-23(22)19-29)15-21-13-14-25(26)27-17-21;1-2/h2-3,5-6,9-10,13-14,16-17,19,24H,4,7-8,11-12,15,18H2,1H3;1-2H3. The Bertz CT molecular complexity index is 859. The molecule has 1 heterocycles. The molecule has 1 aliphatic rings. The van der Waals surface area contributed by atoms with Crippen molar-refractivity contribution < 1.29 is 4.79 Å². The molecule has 0 radical (unpaired) electrons. The SMILES string of the molecule is CC.CN(Cc1ccccccc(Cc2ccc(Cl)nc2)cc1C=O)C1CCCCC1. The number of halogens is 1. The van der Waals surface area contributed by atoms with Crippen LogP contribution in [0.15, 0.2) is 60.8 Å². The molecule has 1 saturated carbocycles. The fourth-order valence-corrected chi connectivity index (χ4v) is 4.06. The van der Waals surface area contributed by atoms with Gasteiger partial charge in [-0.3, -0.25) is 9.69 Å². The van der Waals surface area contributed by atoms with Crippen molar-refractivity contribution in [1.82, 2.24) is 9.88 Å². The lowest BCUT2D eigenvalue weighted by atomic mass is 9.94. The van der Waals surface area contributed by atoms with Gasteiger partial charge >= 0.3 is 0 Å². The van der Waals surface area contributed by atoms with Crippen molar-refractivity contribution in [2.24, 2.45) is 0 Å². The van der Waals surface area contributed by atoms with Crippen LogP contribution in [-0.2, 0) is 13.0 Å². The molecule has 166 valence electrons. The molecule has 1 aromatic carbocycles. The number of pyridine rings is 1. The number of rotatable bonds is 6. The van der Waals surface area contributed by atoms with Crippen LogP contribution in [0, 0.1) is 0 Å². The van der Waals surface area contributed by atoms with Gasteiger partial charge in [-0.05, 0) is 55.1 Å². The second kappa shape index (κ2) is 14.0. The van der Waals surface area contributed by atoms with Crippen LogP contribution in [0.4, 0.5) is 0 Å². The fourth-order valence-electron chi connectivity index (χ4n) is 3.95. The topological polar surface area (TPSA) is 33.2 Å². The first-order chi connectivity index (χ1) is 15.2. The zero-order valence-electron chi connectivity index (χ0n) is 19.1. The maximum atomic E-state index is 12.0. The van der Waals surface area contributed by atoms with Crippen LogP contribution in [0.3, 0.4) is 0 Å². The van der Waals surface area contributed by atoms with E-state index in [2.05, 4.69) is 29.1 Å². The molecule has 0 unspecified atom stereocenters. The lowest BCUT2D eigenvalue weighted by Gasteiger charge is -2.31. The zero-order valence-corrected chi connectivity index (χ0v) is 19.8. The third-order valence-corrected chi connectivity index (χ3v) is 5.82. The summed E-state index contributed by atoms with van der Waals surface area (Å²) in [4.78, 5) is 18.6. The van der Waals surface area contributed by atoms with Gasteiger partial charge < -0.3 is 0 Å². The third kappa shape index (κ3) is 8.43. The van der Waals surface area contributed by atoms with Crippen molar-refractivity contribution in [1.29, 1.82) is 0 Å². The van der Waals surface area contributed by atoms with Crippen LogP contribution in [0.2, 0.25) is 5.15 Å². The molecule has 4 heteroatoms. The largest absolute Gasteiger partial charge is 0.299 e. The van der Waals surface area contributed by atoms with Gasteiger partial charge in [0.25, 0.3) is 0 Å². The molecule has 3 nitrogen and oxygen atoms in total. The number of carbonyl (C=O) groups excluding carboxylic acids is 1. The van der Waals surface area contributed by atoms with Crippen molar-refractivity contribution >= 4 is 17.9 Å². The predicted molar refractivity (Wildman–Crippen MR) is 131 cm³/mol. The molecule has 2 aromatic rings. The molecule has 1 aromatic heterocycles. The van der Waals surface area contributed by atoms with E-state index in [1.54, 1.807) is 12.3 Å². The highest BCUT2D eigenvalue weighted by Crippen LogP contribution is 2.23. The first-order valence-electron chi connectivity index (χ1n) is 11.4. The normalized spacial score (nSPS) is 13.7. The van der Waals surface area contributed by atoms with Crippen molar-refractivity contribution in [3.05, 3.63) is 88.2 Å². The summed E-state index contributed by atoms with van der Waals surface area (Å²) in [6.45, 7) is 4.78. The van der Waals surface area contributed by atoms with Crippen molar-refractivity contribution in [2.45, 2.75) is 65.0 Å². The Labute approximate surface area is 192 Å². The van der Waals surface area contributed by atoms with Crippen LogP contribution < -0.4 is 0 Å². The summed E-state index contributed by atoms with van der Waals surface area (Å²) in [7, 11) is 2.18. The van der Waals surface area contributed by atoms with E-state index in [4.69, 9.17) is 11.6 Å². The molecular formula is C27H35ClN2O. The van der Waals surface area contributed by atoms with Gasteiger partial charge in [0.2, 0.25) is 0 Å². The molecule has 0 spiro atoms. The van der Waals surface area contributed by atoms with E-state index in [-0.39, 0.29) is 0 Å². The van der Waals surface area contributed by atoms with E-state index in [0.29, 0.717) is 17.6 Å². The summed E-state index contributed by atoms with van der Waals surface area (Å²) < 4.78 is 0. The maximum Gasteiger partial charge on any atom is 0.150 e. The third-order valence-electron chi connectivity index (χ3n) is 5.59. The molecule has 1 aliphatic carbocycles. The number of nitrogens with zero attached hydrogens (tertiary/aromatic N) is 2. The van der Waals surface area contributed by atoms with Gasteiger partial charge in [-0.2, -0.15) is 0 Å². The molecular weight excluding hydrogens is 404 g/mol. The minimum Gasteiger partial charge on any atom is -0.299 e. The van der Waals surface area contributed by atoms with Gasteiger partial charge in [0, 0.05) is 24.3 Å². The van der Waals surface area contributed by atoms with E-state index in [9.17, 15) is 4.79 Å².